The summed E-state index contributed by atoms with van der Waals surface area (Å²) in [7, 11) is 1.42. The van der Waals surface area contributed by atoms with Gasteiger partial charge in [0.05, 0.1) is 23.2 Å². The number of hydrogen-bond donors (Lipinski definition) is 2. The molecule has 2 saturated heterocycles. The molecule has 162 valence electrons. The van der Waals surface area contributed by atoms with Gasteiger partial charge in [0.1, 0.15) is 24.1 Å². The van der Waals surface area contributed by atoms with Crippen molar-refractivity contribution in [1.29, 1.82) is 0 Å². The van der Waals surface area contributed by atoms with Gasteiger partial charge < -0.3 is 24.4 Å². The number of esters is 1. The zero-order valence-corrected chi connectivity index (χ0v) is 17.6. The third kappa shape index (κ3) is 4.00. The van der Waals surface area contributed by atoms with Crippen molar-refractivity contribution in [1.82, 2.24) is 0 Å². The van der Waals surface area contributed by atoms with Crippen LogP contribution >= 0.6 is 0 Å². The molecule has 0 amide bonds. The Labute approximate surface area is 171 Å². The molecule has 4 rings (SSSR count). The van der Waals surface area contributed by atoms with Gasteiger partial charge in [-0.3, -0.25) is 4.79 Å². The molecule has 0 aliphatic carbocycles. The van der Waals surface area contributed by atoms with E-state index in [-0.39, 0.29) is 35.0 Å². The van der Waals surface area contributed by atoms with Gasteiger partial charge in [0, 0.05) is 19.1 Å². The number of ether oxygens (including phenoxy) is 3. The smallest absolute Gasteiger partial charge is 0.337 e. The molecule has 7 heteroatoms. The first-order valence-electron chi connectivity index (χ1n) is 10.4. The summed E-state index contributed by atoms with van der Waals surface area (Å²) in [6.07, 6.45) is -1.34. The number of rotatable bonds is 2. The molecule has 4 aliphatic rings. The fraction of sp³-hybridized carbons (Fsp3) is 0.727. The van der Waals surface area contributed by atoms with Gasteiger partial charge >= 0.3 is 5.97 Å². The summed E-state index contributed by atoms with van der Waals surface area (Å²) in [5.74, 6) is -1.36. The second kappa shape index (κ2) is 8.20. The number of aliphatic hydroxyl groups is 2. The van der Waals surface area contributed by atoms with Crippen LogP contribution in [0, 0.1) is 11.8 Å². The lowest BCUT2D eigenvalue weighted by molar-refractivity contribution is -0.153. The number of Topliss-reactive ketones (excluding diaryl/α,β-unsaturated/α-hetero) is 1. The maximum absolute atomic E-state index is 12.9. The first kappa shape index (κ1) is 22.0. The Morgan fingerprint density at radius 1 is 1.34 bits per heavy atom. The van der Waals surface area contributed by atoms with Crippen LogP contribution in [0.1, 0.15) is 52.9 Å². The van der Waals surface area contributed by atoms with Gasteiger partial charge in [-0.25, -0.2) is 4.79 Å². The van der Waals surface area contributed by atoms with E-state index in [1.165, 1.54) is 7.11 Å². The van der Waals surface area contributed by atoms with E-state index in [9.17, 15) is 19.8 Å². The van der Waals surface area contributed by atoms with Crippen LogP contribution in [0.2, 0.25) is 0 Å². The summed E-state index contributed by atoms with van der Waals surface area (Å²) < 4.78 is 17.2. The van der Waals surface area contributed by atoms with Crippen molar-refractivity contribution >= 4 is 11.8 Å². The zero-order valence-electron chi connectivity index (χ0n) is 17.6. The van der Waals surface area contributed by atoms with Crippen LogP contribution in [0.3, 0.4) is 0 Å². The van der Waals surface area contributed by atoms with Crippen molar-refractivity contribution < 1.29 is 34.0 Å². The summed E-state index contributed by atoms with van der Waals surface area (Å²) in [5.41, 5.74) is -0.209. The monoisotopic (exact) mass is 408 g/mol. The Hall–Kier alpha value is -1.70. The molecule has 0 radical (unpaired) electrons. The Morgan fingerprint density at radius 3 is 2.66 bits per heavy atom. The Morgan fingerprint density at radius 2 is 2.03 bits per heavy atom. The minimum absolute atomic E-state index is 0.0127. The van der Waals surface area contributed by atoms with Crippen molar-refractivity contribution in [3.05, 3.63) is 23.5 Å². The lowest BCUT2D eigenvalue weighted by Crippen LogP contribution is -2.45. The molecular weight excluding hydrogens is 376 g/mol. The fourth-order valence-electron chi connectivity index (χ4n) is 5.04. The van der Waals surface area contributed by atoms with Crippen molar-refractivity contribution in [2.45, 2.75) is 82.9 Å². The molecule has 0 spiro atoms. The molecule has 4 bridgehead atoms. The van der Waals surface area contributed by atoms with E-state index < -0.39 is 41.9 Å². The standard InChI is InChI=1S/C22H32O7/c1-6-13-16-9-15(23)12(3)20(27-5)18(25)19-11(2)10-22(4,29-19)8-7-14(17(13)24)21(26)28-16/h11,13,16,18-20,24-25H,3,6-10H2,1-2,4-5H3. The van der Waals surface area contributed by atoms with Gasteiger partial charge in [0.2, 0.25) is 0 Å². The van der Waals surface area contributed by atoms with E-state index >= 15 is 0 Å². The van der Waals surface area contributed by atoms with E-state index in [1.807, 2.05) is 20.8 Å². The number of carbonyl (C=O) groups excluding carboxylic acids is 2. The number of ketones is 1. The van der Waals surface area contributed by atoms with Gasteiger partial charge in [-0.05, 0) is 38.5 Å². The molecule has 7 nitrogen and oxygen atoms in total. The molecule has 0 aromatic carbocycles. The molecule has 4 heterocycles. The largest absolute Gasteiger partial charge is 0.511 e. The number of aliphatic hydroxyl groups excluding tert-OH is 2. The quantitative estimate of drug-likeness (QED) is 0.535. The minimum Gasteiger partial charge on any atom is -0.511 e. The summed E-state index contributed by atoms with van der Waals surface area (Å²) in [6, 6.07) is 0. The third-order valence-corrected chi connectivity index (χ3v) is 6.68. The topological polar surface area (TPSA) is 102 Å². The predicted octanol–water partition coefficient (Wildman–Crippen LogP) is 2.62. The summed E-state index contributed by atoms with van der Waals surface area (Å²) in [6.45, 7) is 9.66. The predicted molar refractivity (Wildman–Crippen MR) is 105 cm³/mol. The molecule has 0 saturated carbocycles. The van der Waals surface area contributed by atoms with Crippen molar-refractivity contribution in [3.8, 4) is 0 Å². The SMILES string of the molecule is C=C1C(=O)CC2OC(=O)C(=C(O)C2CC)CCC2(C)CC(C)C(O2)C(O)C1OC. The van der Waals surface area contributed by atoms with Crippen LogP contribution < -0.4 is 0 Å². The minimum atomic E-state index is -1.04. The van der Waals surface area contributed by atoms with Crippen molar-refractivity contribution in [3.63, 3.8) is 0 Å². The number of hydrogen-bond acceptors (Lipinski definition) is 7. The van der Waals surface area contributed by atoms with Crippen LogP contribution in [0.25, 0.3) is 0 Å². The fourth-order valence-corrected chi connectivity index (χ4v) is 5.04. The maximum Gasteiger partial charge on any atom is 0.337 e. The van der Waals surface area contributed by atoms with Crippen LogP contribution in [-0.2, 0) is 23.8 Å². The van der Waals surface area contributed by atoms with E-state index in [0.29, 0.717) is 25.7 Å². The molecule has 7 atom stereocenters. The number of fused-ring (bicyclic) bond motifs is 7. The molecule has 29 heavy (non-hydrogen) atoms. The lowest BCUT2D eigenvalue weighted by atomic mass is 9.84. The molecule has 0 aromatic rings. The highest BCUT2D eigenvalue weighted by molar-refractivity contribution is 5.97. The summed E-state index contributed by atoms with van der Waals surface area (Å²) in [4.78, 5) is 25.5. The average Bonchev–Trinajstić information content (AvgIpc) is 2.96. The van der Waals surface area contributed by atoms with E-state index in [1.54, 1.807) is 0 Å². The van der Waals surface area contributed by atoms with Gasteiger partial charge in [0.25, 0.3) is 0 Å². The normalized spacial score (nSPS) is 41.5. The average molecular weight is 408 g/mol. The van der Waals surface area contributed by atoms with Gasteiger partial charge in [0.15, 0.2) is 5.78 Å². The second-order valence-electron chi connectivity index (χ2n) is 8.84. The zero-order chi connectivity index (χ0) is 21.5. The highest BCUT2D eigenvalue weighted by Gasteiger charge is 2.48. The molecule has 2 fully saturated rings. The first-order chi connectivity index (χ1) is 13.6. The Bertz CT molecular complexity index is 727. The van der Waals surface area contributed by atoms with Gasteiger partial charge in [-0.15, -0.1) is 0 Å². The van der Waals surface area contributed by atoms with Gasteiger partial charge in [-0.2, -0.15) is 0 Å². The van der Waals surface area contributed by atoms with Gasteiger partial charge in [-0.1, -0.05) is 20.4 Å². The maximum atomic E-state index is 12.9. The highest BCUT2D eigenvalue weighted by Crippen LogP contribution is 2.43. The Kier molecular flexibility index (Phi) is 6.22. The van der Waals surface area contributed by atoms with E-state index in [4.69, 9.17) is 14.2 Å². The molecule has 7 unspecified atom stereocenters. The van der Waals surface area contributed by atoms with Crippen LogP contribution in [0.15, 0.2) is 23.5 Å². The highest BCUT2D eigenvalue weighted by atomic mass is 16.6. The van der Waals surface area contributed by atoms with Crippen molar-refractivity contribution in [2.75, 3.05) is 7.11 Å². The number of carbonyl (C=O) groups is 2. The lowest BCUT2D eigenvalue weighted by Gasteiger charge is -2.35. The number of methoxy groups -OCH3 is 1. The molecule has 4 aliphatic heterocycles. The van der Waals surface area contributed by atoms with E-state index in [0.717, 1.165) is 0 Å². The Balaban J connectivity index is 2.03. The first-order valence-corrected chi connectivity index (χ1v) is 10.4. The third-order valence-electron chi connectivity index (χ3n) is 6.68. The van der Waals surface area contributed by atoms with Crippen LogP contribution in [0.5, 0.6) is 0 Å². The van der Waals surface area contributed by atoms with Crippen molar-refractivity contribution in [2.24, 2.45) is 11.8 Å². The summed E-state index contributed by atoms with van der Waals surface area (Å²) in [5, 5.41) is 21.7. The second-order valence-corrected chi connectivity index (χ2v) is 8.84. The summed E-state index contributed by atoms with van der Waals surface area (Å²) >= 11 is 0. The molecular formula is C22H32O7. The van der Waals surface area contributed by atoms with E-state index in [2.05, 4.69) is 6.58 Å². The molecule has 2 N–H and O–H groups in total. The van der Waals surface area contributed by atoms with Crippen LogP contribution in [-0.4, -0.2) is 59.1 Å². The molecule has 0 aromatic heterocycles. The van der Waals surface area contributed by atoms with Crippen LogP contribution in [0.4, 0.5) is 0 Å².